The van der Waals surface area contributed by atoms with Crippen molar-refractivity contribution in [3.63, 3.8) is 0 Å². The van der Waals surface area contributed by atoms with Gasteiger partial charge in [0.25, 0.3) is 0 Å². The molecule has 1 aromatic carbocycles. The van der Waals surface area contributed by atoms with Gasteiger partial charge in [0.2, 0.25) is 6.29 Å². The van der Waals surface area contributed by atoms with E-state index < -0.39 is 42.2 Å². The molecule has 1 aromatic rings. The molecule has 1 saturated heterocycles. The Balaban J connectivity index is 2.20. The van der Waals surface area contributed by atoms with E-state index in [9.17, 15) is 25.4 Å². The van der Waals surface area contributed by atoms with Crippen LogP contribution in [0.25, 0.3) is 0 Å². The van der Waals surface area contributed by atoms with Crippen molar-refractivity contribution in [2.45, 2.75) is 30.7 Å². The molecule has 0 aromatic heterocycles. The fourth-order valence-corrected chi connectivity index (χ4v) is 2.00. The lowest BCUT2D eigenvalue weighted by atomic mass is 9.99. The molecular formula is C12H15NO8. The highest BCUT2D eigenvalue weighted by molar-refractivity contribution is 5.45. The molecule has 4 N–H and O–H groups in total. The zero-order valence-electron chi connectivity index (χ0n) is 10.8. The van der Waals surface area contributed by atoms with E-state index in [-0.39, 0.29) is 11.4 Å². The smallest absolute Gasteiger partial charge is 0.311 e. The molecule has 9 nitrogen and oxygen atoms in total. The fourth-order valence-electron chi connectivity index (χ4n) is 2.00. The standard InChI is InChI=1S/C12H15NO8/c14-5-8-9(15)10(16)11(17)12(21-8)20-7-4-2-1-3-6(7)13(18)19/h1-4,8-12,14-17H,5H2/t8-,9-,10+,11-,12+/m0/s1. The number of hydrogen-bond donors (Lipinski definition) is 4. The Labute approximate surface area is 119 Å². The van der Waals surface area contributed by atoms with E-state index in [0.29, 0.717) is 0 Å². The lowest BCUT2D eigenvalue weighted by molar-refractivity contribution is -0.387. The monoisotopic (exact) mass is 301 g/mol. The van der Waals surface area contributed by atoms with E-state index in [0.717, 1.165) is 0 Å². The van der Waals surface area contributed by atoms with E-state index in [1.807, 2.05) is 0 Å². The number of para-hydroxylation sites is 2. The molecule has 0 saturated carbocycles. The van der Waals surface area contributed by atoms with Gasteiger partial charge in [-0.2, -0.15) is 0 Å². The Morgan fingerprint density at radius 3 is 2.48 bits per heavy atom. The van der Waals surface area contributed by atoms with Gasteiger partial charge >= 0.3 is 5.69 Å². The Morgan fingerprint density at radius 2 is 1.86 bits per heavy atom. The van der Waals surface area contributed by atoms with Crippen LogP contribution in [0, 0.1) is 10.1 Å². The third-order valence-corrected chi connectivity index (χ3v) is 3.15. The van der Waals surface area contributed by atoms with Crippen LogP contribution < -0.4 is 4.74 Å². The summed E-state index contributed by atoms with van der Waals surface area (Å²) in [5.74, 6) is -0.160. The quantitative estimate of drug-likeness (QED) is 0.400. The minimum Gasteiger partial charge on any atom is -0.455 e. The van der Waals surface area contributed by atoms with E-state index in [1.165, 1.54) is 24.3 Å². The average molecular weight is 301 g/mol. The predicted octanol–water partition coefficient (Wildman–Crippen LogP) is -1.23. The highest BCUT2D eigenvalue weighted by Gasteiger charge is 2.45. The second kappa shape index (κ2) is 6.33. The van der Waals surface area contributed by atoms with Gasteiger partial charge in [-0.15, -0.1) is 0 Å². The molecule has 0 radical (unpaired) electrons. The van der Waals surface area contributed by atoms with Crippen molar-refractivity contribution in [1.82, 2.24) is 0 Å². The maximum absolute atomic E-state index is 10.9. The lowest BCUT2D eigenvalue weighted by Gasteiger charge is -2.39. The van der Waals surface area contributed by atoms with Crippen LogP contribution in [0.4, 0.5) is 5.69 Å². The number of nitro benzene ring substituents is 1. The topological polar surface area (TPSA) is 143 Å². The number of nitrogens with zero attached hydrogens (tertiary/aromatic N) is 1. The number of rotatable bonds is 4. The maximum atomic E-state index is 10.9. The first-order valence-electron chi connectivity index (χ1n) is 6.16. The van der Waals surface area contributed by atoms with Gasteiger partial charge in [-0.1, -0.05) is 12.1 Å². The van der Waals surface area contributed by atoms with Crippen LogP contribution in [0.15, 0.2) is 24.3 Å². The summed E-state index contributed by atoms with van der Waals surface area (Å²) in [4.78, 5) is 10.2. The van der Waals surface area contributed by atoms with Gasteiger partial charge in [0.1, 0.15) is 24.4 Å². The number of hydrogen-bond acceptors (Lipinski definition) is 8. The summed E-state index contributed by atoms with van der Waals surface area (Å²) in [6.07, 6.45) is -7.35. The Bertz CT molecular complexity index is 508. The normalized spacial score (nSPS) is 32.7. The zero-order chi connectivity index (χ0) is 15.6. The van der Waals surface area contributed by atoms with Crippen molar-refractivity contribution in [3.8, 4) is 5.75 Å². The highest BCUT2D eigenvalue weighted by atomic mass is 16.7. The van der Waals surface area contributed by atoms with Gasteiger partial charge in [-0.05, 0) is 6.07 Å². The van der Waals surface area contributed by atoms with Crippen LogP contribution in [0.2, 0.25) is 0 Å². The van der Waals surface area contributed by atoms with E-state index in [2.05, 4.69) is 0 Å². The number of aliphatic hydroxyl groups is 4. The van der Waals surface area contributed by atoms with Crippen LogP contribution >= 0.6 is 0 Å². The fraction of sp³-hybridized carbons (Fsp3) is 0.500. The molecular weight excluding hydrogens is 286 g/mol. The van der Waals surface area contributed by atoms with Crippen molar-refractivity contribution < 1.29 is 34.8 Å². The van der Waals surface area contributed by atoms with Gasteiger partial charge in [0.05, 0.1) is 11.5 Å². The molecule has 0 aliphatic carbocycles. The Kier molecular flexibility index (Phi) is 4.70. The summed E-state index contributed by atoms with van der Waals surface area (Å²) in [5.41, 5.74) is -0.338. The highest BCUT2D eigenvalue weighted by Crippen LogP contribution is 2.30. The molecule has 1 fully saturated rings. The minimum absolute atomic E-state index is 0.160. The largest absolute Gasteiger partial charge is 0.455 e. The summed E-state index contributed by atoms with van der Waals surface area (Å²) in [7, 11) is 0. The van der Waals surface area contributed by atoms with Crippen molar-refractivity contribution in [3.05, 3.63) is 34.4 Å². The number of ether oxygens (including phenoxy) is 2. The molecule has 9 heteroatoms. The van der Waals surface area contributed by atoms with Crippen LogP contribution in [0.1, 0.15) is 0 Å². The van der Waals surface area contributed by atoms with E-state index >= 15 is 0 Å². The van der Waals surface area contributed by atoms with E-state index in [4.69, 9.17) is 14.6 Å². The van der Waals surface area contributed by atoms with Gasteiger partial charge in [0, 0.05) is 6.07 Å². The molecule has 116 valence electrons. The molecule has 0 spiro atoms. The van der Waals surface area contributed by atoms with Crippen LogP contribution in [-0.2, 0) is 4.74 Å². The lowest BCUT2D eigenvalue weighted by Crippen LogP contribution is -2.60. The van der Waals surface area contributed by atoms with Crippen molar-refractivity contribution >= 4 is 5.69 Å². The average Bonchev–Trinajstić information content (AvgIpc) is 2.48. The van der Waals surface area contributed by atoms with Crippen LogP contribution in [-0.4, -0.2) is 62.7 Å². The molecule has 0 unspecified atom stereocenters. The SMILES string of the molecule is O=[N+]([O-])c1ccccc1O[C@@H]1O[C@@H](CO)[C@H](O)[C@@H](O)[C@@H]1O. The summed E-state index contributed by atoms with van der Waals surface area (Å²) in [6, 6.07) is 5.45. The predicted molar refractivity (Wildman–Crippen MR) is 67.5 cm³/mol. The van der Waals surface area contributed by atoms with Crippen LogP contribution in [0.3, 0.4) is 0 Å². The van der Waals surface area contributed by atoms with Gasteiger partial charge in [-0.3, -0.25) is 10.1 Å². The number of benzene rings is 1. The molecule has 5 atom stereocenters. The third-order valence-electron chi connectivity index (χ3n) is 3.15. The number of aliphatic hydroxyl groups excluding tert-OH is 4. The van der Waals surface area contributed by atoms with Gasteiger partial charge in [-0.25, -0.2) is 0 Å². The Hall–Kier alpha value is -1.78. The van der Waals surface area contributed by atoms with Crippen molar-refractivity contribution in [2.75, 3.05) is 6.61 Å². The molecule has 1 heterocycles. The first-order valence-corrected chi connectivity index (χ1v) is 6.16. The molecule has 2 rings (SSSR count). The first-order chi connectivity index (χ1) is 9.95. The van der Waals surface area contributed by atoms with Crippen LogP contribution in [0.5, 0.6) is 5.75 Å². The first kappa shape index (κ1) is 15.6. The summed E-state index contributed by atoms with van der Waals surface area (Å²) in [6.45, 7) is -0.609. The summed E-state index contributed by atoms with van der Waals surface area (Å²) in [5, 5.41) is 49.0. The molecule has 1 aliphatic rings. The van der Waals surface area contributed by atoms with Gasteiger partial charge in [0.15, 0.2) is 5.75 Å². The summed E-state index contributed by atoms with van der Waals surface area (Å²) < 4.78 is 10.3. The third kappa shape index (κ3) is 3.12. The Morgan fingerprint density at radius 1 is 1.19 bits per heavy atom. The summed E-state index contributed by atoms with van der Waals surface area (Å²) >= 11 is 0. The van der Waals surface area contributed by atoms with Crippen molar-refractivity contribution in [1.29, 1.82) is 0 Å². The maximum Gasteiger partial charge on any atom is 0.311 e. The number of nitro groups is 1. The molecule has 0 amide bonds. The second-order valence-corrected chi connectivity index (χ2v) is 4.54. The van der Waals surface area contributed by atoms with Crippen molar-refractivity contribution in [2.24, 2.45) is 0 Å². The minimum atomic E-state index is -1.62. The second-order valence-electron chi connectivity index (χ2n) is 4.54. The molecule has 1 aliphatic heterocycles. The zero-order valence-corrected chi connectivity index (χ0v) is 10.8. The molecule has 21 heavy (non-hydrogen) atoms. The molecule has 0 bridgehead atoms. The van der Waals surface area contributed by atoms with Gasteiger partial charge < -0.3 is 29.9 Å². The van der Waals surface area contributed by atoms with E-state index in [1.54, 1.807) is 0 Å².